The van der Waals surface area contributed by atoms with Crippen molar-refractivity contribution < 1.29 is 4.79 Å². The Hall–Kier alpha value is -2.01. The monoisotopic (exact) mass is 276 g/mol. The van der Waals surface area contributed by atoms with Crippen LogP contribution in [0.3, 0.4) is 0 Å². The summed E-state index contributed by atoms with van der Waals surface area (Å²) in [7, 11) is 0. The van der Waals surface area contributed by atoms with Gasteiger partial charge in [-0.05, 0) is 26.0 Å². The van der Waals surface area contributed by atoms with Gasteiger partial charge in [0.15, 0.2) is 0 Å². The Morgan fingerprint density at radius 1 is 1.32 bits per heavy atom. The van der Waals surface area contributed by atoms with Crippen LogP contribution in [-0.2, 0) is 6.54 Å². The SMILES string of the molecule is Cc1cc(C)nc(CNC(=O)c2ccncc2Cl)n1. The summed E-state index contributed by atoms with van der Waals surface area (Å²) in [6.07, 6.45) is 2.96. The summed E-state index contributed by atoms with van der Waals surface area (Å²) in [6, 6.07) is 3.45. The van der Waals surface area contributed by atoms with Gasteiger partial charge in [0.1, 0.15) is 5.82 Å². The summed E-state index contributed by atoms with van der Waals surface area (Å²) in [5.74, 6) is 0.311. The zero-order valence-electron chi connectivity index (χ0n) is 10.6. The largest absolute Gasteiger partial charge is 0.345 e. The van der Waals surface area contributed by atoms with E-state index in [0.29, 0.717) is 16.4 Å². The van der Waals surface area contributed by atoms with Crippen LogP contribution in [0.25, 0.3) is 0 Å². The molecular formula is C13H13ClN4O. The Labute approximate surface area is 116 Å². The average molecular weight is 277 g/mol. The Bertz CT molecular complexity index is 595. The highest BCUT2D eigenvalue weighted by molar-refractivity contribution is 6.33. The number of amides is 1. The first-order valence-corrected chi connectivity index (χ1v) is 6.13. The fraction of sp³-hybridized carbons (Fsp3) is 0.231. The van der Waals surface area contributed by atoms with Crippen molar-refractivity contribution in [3.05, 3.63) is 52.3 Å². The Morgan fingerprint density at radius 2 is 2.00 bits per heavy atom. The first-order valence-electron chi connectivity index (χ1n) is 5.75. The molecule has 2 heterocycles. The molecule has 98 valence electrons. The molecule has 0 saturated heterocycles. The normalized spacial score (nSPS) is 10.3. The summed E-state index contributed by atoms with van der Waals surface area (Å²) >= 11 is 5.90. The smallest absolute Gasteiger partial charge is 0.253 e. The van der Waals surface area contributed by atoms with Gasteiger partial charge in [0.25, 0.3) is 5.91 Å². The summed E-state index contributed by atoms with van der Waals surface area (Å²) in [5, 5.41) is 3.06. The van der Waals surface area contributed by atoms with Gasteiger partial charge in [-0.15, -0.1) is 0 Å². The van der Waals surface area contributed by atoms with E-state index < -0.39 is 0 Å². The molecule has 0 saturated carbocycles. The molecule has 0 aliphatic heterocycles. The zero-order chi connectivity index (χ0) is 13.8. The van der Waals surface area contributed by atoms with E-state index in [1.165, 1.54) is 12.4 Å². The molecule has 1 amide bonds. The summed E-state index contributed by atoms with van der Waals surface area (Å²) in [4.78, 5) is 24.3. The number of hydrogen-bond acceptors (Lipinski definition) is 4. The number of nitrogens with one attached hydrogen (secondary N) is 1. The highest BCUT2D eigenvalue weighted by Crippen LogP contribution is 2.13. The van der Waals surface area contributed by atoms with E-state index >= 15 is 0 Å². The summed E-state index contributed by atoms with van der Waals surface area (Å²) in [6.45, 7) is 4.04. The Balaban J connectivity index is 2.07. The van der Waals surface area contributed by atoms with Crippen molar-refractivity contribution in [2.24, 2.45) is 0 Å². The first kappa shape index (κ1) is 13.4. The lowest BCUT2D eigenvalue weighted by Crippen LogP contribution is -2.24. The van der Waals surface area contributed by atoms with Gasteiger partial charge in [-0.3, -0.25) is 9.78 Å². The van der Waals surface area contributed by atoms with Crippen molar-refractivity contribution in [2.45, 2.75) is 20.4 Å². The number of rotatable bonds is 3. The van der Waals surface area contributed by atoms with Crippen LogP contribution in [0.2, 0.25) is 5.02 Å². The molecule has 0 fully saturated rings. The van der Waals surface area contributed by atoms with Gasteiger partial charge in [-0.2, -0.15) is 0 Å². The van der Waals surface area contributed by atoms with Crippen LogP contribution in [0.5, 0.6) is 0 Å². The molecule has 0 spiro atoms. The van der Waals surface area contributed by atoms with Crippen molar-refractivity contribution >= 4 is 17.5 Å². The molecule has 0 bridgehead atoms. The van der Waals surface area contributed by atoms with E-state index in [2.05, 4.69) is 20.3 Å². The number of pyridine rings is 1. The van der Waals surface area contributed by atoms with Crippen molar-refractivity contribution in [3.63, 3.8) is 0 Å². The lowest BCUT2D eigenvalue weighted by molar-refractivity contribution is 0.0950. The second kappa shape index (κ2) is 5.75. The van der Waals surface area contributed by atoms with Gasteiger partial charge in [0.05, 0.1) is 17.1 Å². The standard InChI is InChI=1S/C13H13ClN4O/c1-8-5-9(2)18-12(17-8)7-16-13(19)10-3-4-15-6-11(10)14/h3-6H,7H2,1-2H3,(H,16,19). The minimum Gasteiger partial charge on any atom is -0.345 e. The third-order valence-electron chi connectivity index (χ3n) is 2.45. The lowest BCUT2D eigenvalue weighted by atomic mass is 10.2. The van der Waals surface area contributed by atoms with Crippen molar-refractivity contribution in [1.29, 1.82) is 0 Å². The Kier molecular flexibility index (Phi) is 4.06. The summed E-state index contributed by atoms with van der Waals surface area (Å²) < 4.78 is 0. The lowest BCUT2D eigenvalue weighted by Gasteiger charge is -2.06. The van der Waals surface area contributed by atoms with Gasteiger partial charge in [-0.25, -0.2) is 9.97 Å². The van der Waals surface area contributed by atoms with Crippen molar-refractivity contribution in [1.82, 2.24) is 20.3 Å². The molecule has 5 nitrogen and oxygen atoms in total. The van der Waals surface area contributed by atoms with Crippen LogP contribution in [-0.4, -0.2) is 20.9 Å². The molecular weight excluding hydrogens is 264 g/mol. The topological polar surface area (TPSA) is 67.8 Å². The maximum Gasteiger partial charge on any atom is 0.253 e. The molecule has 0 unspecified atom stereocenters. The summed E-state index contributed by atoms with van der Waals surface area (Å²) in [5.41, 5.74) is 2.14. The zero-order valence-corrected chi connectivity index (χ0v) is 11.4. The number of carbonyl (C=O) groups is 1. The van der Waals surface area contributed by atoms with E-state index in [1.807, 2.05) is 19.9 Å². The minimum atomic E-state index is -0.268. The highest BCUT2D eigenvalue weighted by Gasteiger charge is 2.10. The quantitative estimate of drug-likeness (QED) is 0.932. The predicted octanol–water partition coefficient (Wildman–Crippen LogP) is 2.07. The molecule has 0 aliphatic rings. The van der Waals surface area contributed by atoms with Gasteiger partial charge >= 0.3 is 0 Å². The van der Waals surface area contributed by atoms with E-state index in [9.17, 15) is 4.79 Å². The molecule has 1 N–H and O–H groups in total. The second-order valence-corrected chi connectivity index (χ2v) is 4.51. The minimum absolute atomic E-state index is 0.264. The van der Waals surface area contributed by atoms with Gasteiger partial charge in [0, 0.05) is 23.8 Å². The maximum absolute atomic E-state index is 11.9. The molecule has 19 heavy (non-hydrogen) atoms. The third-order valence-corrected chi connectivity index (χ3v) is 2.75. The van der Waals surface area contributed by atoms with Crippen molar-refractivity contribution in [2.75, 3.05) is 0 Å². The second-order valence-electron chi connectivity index (χ2n) is 4.11. The van der Waals surface area contributed by atoms with Crippen LogP contribution in [0, 0.1) is 13.8 Å². The van der Waals surface area contributed by atoms with Crippen molar-refractivity contribution in [3.8, 4) is 0 Å². The number of aromatic nitrogens is 3. The molecule has 2 aromatic heterocycles. The Morgan fingerprint density at radius 3 is 2.63 bits per heavy atom. The third kappa shape index (κ3) is 3.48. The molecule has 2 rings (SSSR count). The predicted molar refractivity (Wildman–Crippen MR) is 71.9 cm³/mol. The molecule has 0 atom stereocenters. The number of aryl methyl sites for hydroxylation is 2. The van der Waals surface area contributed by atoms with Crippen LogP contribution in [0.1, 0.15) is 27.6 Å². The highest BCUT2D eigenvalue weighted by atomic mass is 35.5. The molecule has 0 aliphatic carbocycles. The van der Waals surface area contributed by atoms with E-state index in [0.717, 1.165) is 11.4 Å². The van der Waals surface area contributed by atoms with Gasteiger partial charge in [0.2, 0.25) is 0 Å². The van der Waals surface area contributed by atoms with Gasteiger partial charge in [-0.1, -0.05) is 11.6 Å². The van der Waals surface area contributed by atoms with Crippen LogP contribution >= 0.6 is 11.6 Å². The number of halogens is 1. The molecule has 0 radical (unpaired) electrons. The van der Waals surface area contributed by atoms with E-state index in [-0.39, 0.29) is 12.5 Å². The number of nitrogens with zero attached hydrogens (tertiary/aromatic N) is 3. The molecule has 2 aromatic rings. The van der Waals surface area contributed by atoms with E-state index in [4.69, 9.17) is 11.6 Å². The molecule has 0 aromatic carbocycles. The van der Waals surface area contributed by atoms with E-state index in [1.54, 1.807) is 6.07 Å². The first-order chi connectivity index (χ1) is 9.06. The van der Waals surface area contributed by atoms with Crippen LogP contribution in [0.15, 0.2) is 24.5 Å². The fourth-order valence-electron chi connectivity index (χ4n) is 1.69. The van der Waals surface area contributed by atoms with Crippen LogP contribution < -0.4 is 5.32 Å². The number of carbonyl (C=O) groups excluding carboxylic acids is 1. The van der Waals surface area contributed by atoms with Gasteiger partial charge < -0.3 is 5.32 Å². The maximum atomic E-state index is 11.9. The average Bonchev–Trinajstić information content (AvgIpc) is 2.35. The van der Waals surface area contributed by atoms with Crippen LogP contribution in [0.4, 0.5) is 0 Å². The molecule has 6 heteroatoms. The fourth-order valence-corrected chi connectivity index (χ4v) is 1.90. The number of hydrogen-bond donors (Lipinski definition) is 1.